The summed E-state index contributed by atoms with van der Waals surface area (Å²) in [6, 6.07) is 0.553. The summed E-state index contributed by atoms with van der Waals surface area (Å²) in [5.74, 6) is -2.63. The predicted octanol–water partition coefficient (Wildman–Crippen LogP) is 8.34. The monoisotopic (exact) mass is 729 g/mol. The number of ether oxygens (including phenoxy) is 3. The molecular weight excluding hydrogens is 679 g/mol. The average molecular weight is 730 g/mol. The quantitative estimate of drug-likeness (QED) is 0.150. The Bertz CT molecular complexity index is 1730. The number of alkyl halides is 3. The lowest BCUT2D eigenvalue weighted by atomic mass is 9.52. The van der Waals surface area contributed by atoms with Crippen LogP contribution in [0, 0.1) is 17.3 Å². The first kappa shape index (κ1) is 37.9. The molecule has 284 valence electrons. The number of aliphatic hydroxyl groups excluding tert-OH is 1. The maximum atomic E-state index is 14.9. The van der Waals surface area contributed by atoms with E-state index in [1.54, 1.807) is 13.0 Å². The number of allylic oxidation sites excluding steroid dienone is 2. The molecule has 0 saturated carbocycles. The van der Waals surface area contributed by atoms with Crippen molar-refractivity contribution in [3.8, 4) is 17.4 Å². The van der Waals surface area contributed by atoms with Crippen LogP contribution in [0.4, 0.5) is 13.2 Å². The molecule has 1 N–H and O–H groups in total. The number of rotatable bonds is 14. The minimum atomic E-state index is -5.04. The van der Waals surface area contributed by atoms with Crippen LogP contribution in [-0.4, -0.2) is 78.4 Å². The molecule has 2 aromatic rings. The van der Waals surface area contributed by atoms with Crippen LogP contribution in [0.1, 0.15) is 122 Å². The van der Waals surface area contributed by atoms with Crippen molar-refractivity contribution < 1.29 is 46.6 Å². The van der Waals surface area contributed by atoms with Gasteiger partial charge in [0.2, 0.25) is 0 Å². The van der Waals surface area contributed by atoms with E-state index in [9.17, 15) is 27.9 Å². The van der Waals surface area contributed by atoms with Gasteiger partial charge in [-0.1, -0.05) is 39.7 Å². The molecule has 6 rings (SSSR count). The Hall–Kier alpha value is -3.84. The molecule has 1 unspecified atom stereocenters. The molecule has 0 spiro atoms. The van der Waals surface area contributed by atoms with Gasteiger partial charge in [0.25, 0.3) is 5.88 Å². The Kier molecular flexibility index (Phi) is 10.9. The van der Waals surface area contributed by atoms with Gasteiger partial charge in [-0.15, -0.1) is 19.8 Å². The fourth-order valence-corrected chi connectivity index (χ4v) is 9.11. The zero-order chi connectivity index (χ0) is 37.5. The molecule has 13 heteroatoms. The number of aliphatic hydroxyl groups is 1. The molecule has 1 fully saturated rings. The van der Waals surface area contributed by atoms with Gasteiger partial charge in [-0.3, -0.25) is 19.4 Å². The highest BCUT2D eigenvalue weighted by Crippen LogP contribution is 2.62. The van der Waals surface area contributed by atoms with Gasteiger partial charge in [-0.25, -0.2) is 0 Å². The fraction of sp³-hybridized carbons (Fsp3) is 0.615. The molecular formula is C39H50F3N3O7. The lowest BCUT2D eigenvalue weighted by molar-refractivity contribution is -0.275. The van der Waals surface area contributed by atoms with Gasteiger partial charge >= 0.3 is 6.36 Å². The van der Waals surface area contributed by atoms with Crippen LogP contribution in [0.2, 0.25) is 0 Å². The number of hydrogen-bond acceptors (Lipinski definition) is 10. The Labute approximate surface area is 302 Å². The minimum absolute atomic E-state index is 0.0304. The summed E-state index contributed by atoms with van der Waals surface area (Å²) in [5.41, 5.74) is -0.985. The smallest absolute Gasteiger partial charge is 0.511 e. The fourth-order valence-electron chi connectivity index (χ4n) is 9.11. The van der Waals surface area contributed by atoms with E-state index < -0.39 is 47.3 Å². The molecule has 2 heterocycles. The van der Waals surface area contributed by atoms with Gasteiger partial charge < -0.3 is 23.8 Å². The number of fused-ring (bicyclic) bond motifs is 4. The Morgan fingerprint density at radius 2 is 1.85 bits per heavy atom. The van der Waals surface area contributed by atoms with E-state index in [1.165, 1.54) is 6.07 Å². The van der Waals surface area contributed by atoms with Gasteiger partial charge in [-0.05, 0) is 82.7 Å². The van der Waals surface area contributed by atoms with Crippen molar-refractivity contribution in [3.05, 3.63) is 58.1 Å². The molecule has 4 aliphatic rings. The van der Waals surface area contributed by atoms with Gasteiger partial charge in [0.1, 0.15) is 22.8 Å². The molecule has 0 bridgehead atoms. The van der Waals surface area contributed by atoms with E-state index in [0.29, 0.717) is 43.9 Å². The number of likely N-dealkylation sites (tertiary alicyclic amines) is 1. The Balaban J connectivity index is 1.56. The summed E-state index contributed by atoms with van der Waals surface area (Å²) < 4.78 is 65.8. The van der Waals surface area contributed by atoms with Crippen molar-refractivity contribution in [2.24, 2.45) is 17.3 Å². The molecule has 3 aliphatic carbocycles. The van der Waals surface area contributed by atoms with Gasteiger partial charge in [-0.2, -0.15) is 0 Å². The Morgan fingerprint density at radius 1 is 1.13 bits per heavy atom. The molecule has 0 radical (unpaired) electrons. The maximum absolute atomic E-state index is 14.9. The first-order valence-electron chi connectivity index (χ1n) is 18.6. The number of unbranched alkanes of at least 4 members (excludes halogenated alkanes) is 2. The average Bonchev–Trinajstić information content (AvgIpc) is 3.72. The van der Waals surface area contributed by atoms with Gasteiger partial charge in [0.15, 0.2) is 17.3 Å². The van der Waals surface area contributed by atoms with Crippen LogP contribution in [0.5, 0.6) is 17.4 Å². The molecule has 1 saturated heterocycles. The van der Waals surface area contributed by atoms with Crippen molar-refractivity contribution in [2.75, 3.05) is 40.4 Å². The maximum Gasteiger partial charge on any atom is 0.573 e. The van der Waals surface area contributed by atoms with Crippen molar-refractivity contribution in [2.45, 2.75) is 97.0 Å². The molecule has 0 amide bonds. The first-order chi connectivity index (χ1) is 24.8. The van der Waals surface area contributed by atoms with E-state index in [-0.39, 0.29) is 71.3 Å². The highest BCUT2D eigenvalue weighted by atomic mass is 19.4. The topological polar surface area (TPSA) is 115 Å². The van der Waals surface area contributed by atoms with Crippen molar-refractivity contribution in [1.29, 1.82) is 0 Å². The molecule has 10 nitrogen and oxygen atoms in total. The highest BCUT2D eigenvalue weighted by Gasteiger charge is 2.63. The van der Waals surface area contributed by atoms with E-state index in [4.69, 9.17) is 18.7 Å². The van der Waals surface area contributed by atoms with E-state index >= 15 is 0 Å². The number of hydrogen-bond donors (Lipinski definition) is 1. The van der Waals surface area contributed by atoms with Crippen LogP contribution in [0.25, 0.3) is 0 Å². The molecule has 1 aromatic heterocycles. The number of aromatic nitrogens is 1. The summed E-state index contributed by atoms with van der Waals surface area (Å²) in [7, 11) is 3.67. The van der Waals surface area contributed by atoms with Crippen LogP contribution in [0.15, 0.2) is 34.6 Å². The number of ketones is 2. The largest absolute Gasteiger partial charge is 0.573 e. The second-order valence-corrected chi connectivity index (χ2v) is 14.7. The normalized spacial score (nSPS) is 25.9. The summed E-state index contributed by atoms with van der Waals surface area (Å²) in [6.07, 6.45) is 1.44. The number of halogens is 3. The standard InChI is InChI=1S/C39H50F3N3O7/c1-7-11-17-49-27-21-23(26-14-13-16-45(26)15-9-3)33(51-39(40,41)42)24-19-22-20-25-31(44(5)6)34-30(37(43-52-34)50-18-12-8-2)36(48)38(25,10-4)35(47)28(22)32(46)29(24)27/h9,21-22,25-26,31,47H,3,7-8,10-20H2,1-2,4-6H3/t22-,25-,26?,31-,38+/m0/s1. The van der Waals surface area contributed by atoms with E-state index in [0.717, 1.165) is 25.7 Å². The summed E-state index contributed by atoms with van der Waals surface area (Å²) in [4.78, 5) is 33.6. The third-order valence-corrected chi connectivity index (χ3v) is 11.4. The SMILES string of the molecule is C=CCN1CCCC1c1cc(OCCCC)c2c(c1OC(F)(F)F)C[C@H]1C[C@H]3[C@H](N(C)C)c4onc(OCCCC)c4C(=O)[C@@]3(CC)C(O)=C1C2=O. The van der Waals surface area contributed by atoms with Crippen LogP contribution >= 0.6 is 0 Å². The number of nitrogens with zero attached hydrogens (tertiary/aromatic N) is 3. The summed E-state index contributed by atoms with van der Waals surface area (Å²) in [6.45, 7) is 11.3. The van der Waals surface area contributed by atoms with Gasteiger partial charge in [0, 0.05) is 35.2 Å². The second-order valence-electron chi connectivity index (χ2n) is 14.7. The van der Waals surface area contributed by atoms with Crippen LogP contribution < -0.4 is 14.2 Å². The first-order valence-corrected chi connectivity index (χ1v) is 18.6. The van der Waals surface area contributed by atoms with E-state index in [1.807, 2.05) is 32.8 Å². The van der Waals surface area contributed by atoms with Crippen LogP contribution in [0.3, 0.4) is 0 Å². The number of Topliss-reactive ketones (excluding diaryl/α,β-unsaturated/α-hetero) is 2. The lowest BCUT2D eigenvalue weighted by Gasteiger charge is -2.52. The third kappa shape index (κ3) is 6.31. The number of carbonyl (C=O) groups is 2. The zero-order valence-corrected chi connectivity index (χ0v) is 30.7. The second kappa shape index (κ2) is 14.9. The third-order valence-electron chi connectivity index (χ3n) is 11.4. The molecule has 52 heavy (non-hydrogen) atoms. The zero-order valence-electron chi connectivity index (χ0n) is 30.7. The summed E-state index contributed by atoms with van der Waals surface area (Å²) >= 11 is 0. The Morgan fingerprint density at radius 3 is 2.48 bits per heavy atom. The van der Waals surface area contributed by atoms with Crippen molar-refractivity contribution in [3.63, 3.8) is 0 Å². The lowest BCUT2D eigenvalue weighted by Crippen LogP contribution is -2.54. The number of benzene rings is 1. The van der Waals surface area contributed by atoms with Crippen molar-refractivity contribution in [1.82, 2.24) is 15.0 Å². The van der Waals surface area contributed by atoms with E-state index in [2.05, 4.69) is 16.6 Å². The number of carbonyl (C=O) groups excluding carboxylic acids is 2. The van der Waals surface area contributed by atoms with Crippen LogP contribution in [-0.2, 0) is 6.42 Å². The highest BCUT2D eigenvalue weighted by molar-refractivity contribution is 6.15. The molecule has 1 aromatic carbocycles. The minimum Gasteiger partial charge on any atom is -0.511 e. The molecule has 5 atom stereocenters. The van der Waals surface area contributed by atoms with Crippen molar-refractivity contribution >= 4 is 11.6 Å². The molecule has 1 aliphatic heterocycles. The predicted molar refractivity (Wildman–Crippen MR) is 187 cm³/mol. The van der Waals surface area contributed by atoms with Gasteiger partial charge in [0.05, 0.1) is 30.2 Å². The summed E-state index contributed by atoms with van der Waals surface area (Å²) in [5, 5.41) is 16.6.